The standard InChI is InChI=1S/C6H3F3NO3S.2Li/c7-6(8,9)3(11)2-1-10-4(14-2)5(12)13;;/h1,3H,(H,12,13);;/q-1;2*+1/p-1. The number of rotatable bonds is 2. The van der Waals surface area contributed by atoms with Crippen molar-refractivity contribution in [1.29, 1.82) is 0 Å². The molecule has 16 heavy (non-hydrogen) atoms. The summed E-state index contributed by atoms with van der Waals surface area (Å²) in [7, 11) is 0. The second-order valence-electron chi connectivity index (χ2n) is 2.28. The van der Waals surface area contributed by atoms with Gasteiger partial charge in [0.15, 0.2) is 0 Å². The number of halogens is 3. The average Bonchev–Trinajstić information content (AvgIpc) is 2.48. The molecular formula is C6H2F3Li2NO3S. The molecule has 0 spiro atoms. The average molecular weight is 239 g/mol. The molecule has 0 saturated carbocycles. The summed E-state index contributed by atoms with van der Waals surface area (Å²) in [6.45, 7) is 0. The number of carboxylic acid groups (broad SMARTS) is 1. The summed E-state index contributed by atoms with van der Waals surface area (Å²) < 4.78 is 35.5. The van der Waals surface area contributed by atoms with Crippen LogP contribution in [0.15, 0.2) is 6.20 Å². The van der Waals surface area contributed by atoms with Gasteiger partial charge in [0, 0.05) is 17.2 Å². The van der Waals surface area contributed by atoms with Gasteiger partial charge in [-0.3, -0.25) is 0 Å². The van der Waals surface area contributed by atoms with E-state index < -0.39 is 28.1 Å². The molecule has 1 aromatic rings. The molecule has 0 saturated heterocycles. The Morgan fingerprint density at radius 3 is 2.25 bits per heavy atom. The predicted octanol–water partition coefficient (Wildman–Crippen LogP) is -6.52. The quantitative estimate of drug-likeness (QED) is 0.481. The summed E-state index contributed by atoms with van der Waals surface area (Å²) in [4.78, 5) is 12.6. The molecule has 0 aliphatic rings. The van der Waals surface area contributed by atoms with E-state index in [-0.39, 0.29) is 49.1 Å². The van der Waals surface area contributed by atoms with Crippen LogP contribution >= 0.6 is 11.3 Å². The molecule has 0 aromatic carbocycles. The number of thiazole rings is 1. The van der Waals surface area contributed by atoms with Crippen molar-refractivity contribution in [1.82, 2.24) is 4.98 Å². The third kappa shape index (κ3) is 4.50. The fourth-order valence-electron chi connectivity index (χ4n) is 0.663. The number of nitrogens with zero attached hydrogens (tertiary/aromatic N) is 1. The van der Waals surface area contributed by atoms with Gasteiger partial charge in [-0.25, -0.2) is 4.98 Å². The molecule has 1 unspecified atom stereocenters. The molecule has 1 atom stereocenters. The number of hydrogen-bond acceptors (Lipinski definition) is 5. The molecular weight excluding hydrogens is 237 g/mol. The number of hydrogen-bond donors (Lipinski definition) is 0. The summed E-state index contributed by atoms with van der Waals surface area (Å²) in [6, 6.07) is 0. The molecule has 0 aliphatic heterocycles. The molecule has 0 N–H and O–H groups in total. The van der Waals surface area contributed by atoms with Crippen LogP contribution in [0.4, 0.5) is 13.2 Å². The van der Waals surface area contributed by atoms with Crippen LogP contribution in [0.5, 0.6) is 0 Å². The van der Waals surface area contributed by atoms with Gasteiger partial charge in [0.05, 0.1) is 0 Å². The molecule has 0 fully saturated rings. The van der Waals surface area contributed by atoms with E-state index in [1.807, 2.05) is 0 Å². The Morgan fingerprint density at radius 2 is 1.94 bits per heavy atom. The van der Waals surface area contributed by atoms with Gasteiger partial charge in [-0.1, -0.05) is 0 Å². The van der Waals surface area contributed by atoms with Crippen molar-refractivity contribution >= 4 is 17.3 Å². The van der Waals surface area contributed by atoms with Crippen LogP contribution in [0.2, 0.25) is 0 Å². The monoisotopic (exact) mass is 239 g/mol. The number of alkyl halides is 3. The van der Waals surface area contributed by atoms with E-state index in [0.29, 0.717) is 6.20 Å². The van der Waals surface area contributed by atoms with E-state index in [1.54, 1.807) is 0 Å². The number of aromatic nitrogens is 1. The second-order valence-corrected chi connectivity index (χ2v) is 3.34. The SMILES string of the molecule is O=C([O-])c1ncc(C([O-])C(F)(F)F)s1.[Li+].[Li+]. The van der Waals surface area contributed by atoms with Crippen LogP contribution in [0, 0.1) is 0 Å². The zero-order chi connectivity index (χ0) is 10.9. The van der Waals surface area contributed by atoms with Gasteiger partial charge >= 0.3 is 43.9 Å². The van der Waals surface area contributed by atoms with Crippen LogP contribution in [0.3, 0.4) is 0 Å². The van der Waals surface area contributed by atoms with Crippen molar-refractivity contribution in [3.8, 4) is 0 Å². The van der Waals surface area contributed by atoms with E-state index >= 15 is 0 Å². The van der Waals surface area contributed by atoms with Crippen molar-refractivity contribution in [2.24, 2.45) is 0 Å². The molecule has 10 heteroatoms. The summed E-state index contributed by atoms with van der Waals surface area (Å²) in [5.41, 5.74) is 0. The number of carbonyl (C=O) groups excluding carboxylic acids is 1. The Kier molecular flexibility index (Phi) is 7.71. The summed E-state index contributed by atoms with van der Waals surface area (Å²) in [5.74, 6) is -1.70. The van der Waals surface area contributed by atoms with Crippen molar-refractivity contribution < 1.29 is 65.9 Å². The first-order valence-corrected chi connectivity index (χ1v) is 4.03. The van der Waals surface area contributed by atoms with Crippen molar-refractivity contribution in [2.75, 3.05) is 0 Å². The van der Waals surface area contributed by atoms with Gasteiger partial charge in [0.2, 0.25) is 0 Å². The number of aromatic carboxylic acids is 1. The van der Waals surface area contributed by atoms with Gasteiger partial charge in [-0.2, -0.15) is 13.2 Å². The van der Waals surface area contributed by atoms with Crippen LogP contribution in [0.25, 0.3) is 0 Å². The first-order chi connectivity index (χ1) is 6.32. The zero-order valence-electron chi connectivity index (χ0n) is 8.37. The minimum absolute atomic E-state index is 0. The third-order valence-electron chi connectivity index (χ3n) is 1.25. The topological polar surface area (TPSA) is 76.1 Å². The van der Waals surface area contributed by atoms with Gasteiger partial charge in [0.1, 0.15) is 11.0 Å². The van der Waals surface area contributed by atoms with Crippen LogP contribution in [-0.2, 0) is 0 Å². The Hall–Kier alpha value is 0.0448. The first kappa shape index (κ1) is 18.4. The van der Waals surface area contributed by atoms with Crippen molar-refractivity contribution in [2.45, 2.75) is 12.3 Å². The minimum atomic E-state index is -4.93. The molecule has 0 aliphatic carbocycles. The molecule has 0 radical (unpaired) electrons. The summed E-state index contributed by atoms with van der Waals surface area (Å²) >= 11 is 0.170. The maximum Gasteiger partial charge on any atom is 1.00 e. The maximum atomic E-state index is 11.8. The van der Waals surface area contributed by atoms with Gasteiger partial charge in [-0.05, 0) is 0 Å². The molecule has 4 nitrogen and oxygen atoms in total. The summed E-state index contributed by atoms with van der Waals surface area (Å²) in [6.07, 6.45) is -7.29. The Labute approximate surface area is 116 Å². The van der Waals surface area contributed by atoms with Gasteiger partial charge in [-0.15, -0.1) is 11.3 Å². The van der Waals surface area contributed by atoms with E-state index in [4.69, 9.17) is 0 Å². The molecule has 1 heterocycles. The second kappa shape index (κ2) is 6.70. The largest absolute Gasteiger partial charge is 1.00 e. The van der Waals surface area contributed by atoms with Crippen LogP contribution in [-0.4, -0.2) is 17.1 Å². The smallest absolute Gasteiger partial charge is 0.841 e. The van der Waals surface area contributed by atoms with Crippen molar-refractivity contribution in [3.63, 3.8) is 0 Å². The fraction of sp³-hybridized carbons (Fsp3) is 0.333. The Balaban J connectivity index is 0. The number of carboxylic acids is 1. The van der Waals surface area contributed by atoms with Gasteiger partial charge in [0.25, 0.3) is 0 Å². The Morgan fingerprint density at radius 1 is 1.44 bits per heavy atom. The number of carbonyl (C=O) groups is 1. The fourth-order valence-corrected chi connectivity index (χ4v) is 1.42. The van der Waals surface area contributed by atoms with E-state index in [0.717, 1.165) is 0 Å². The molecule has 0 amide bonds. The first-order valence-electron chi connectivity index (χ1n) is 3.22. The van der Waals surface area contributed by atoms with Gasteiger partial charge < -0.3 is 15.0 Å². The van der Waals surface area contributed by atoms with E-state index in [2.05, 4.69) is 4.98 Å². The van der Waals surface area contributed by atoms with Crippen molar-refractivity contribution in [3.05, 3.63) is 16.1 Å². The molecule has 78 valence electrons. The van der Waals surface area contributed by atoms with Crippen LogP contribution in [0.1, 0.15) is 20.8 Å². The minimum Gasteiger partial charge on any atom is -0.841 e. The normalized spacial score (nSPS) is 12.2. The predicted molar refractivity (Wildman–Crippen MR) is 35.2 cm³/mol. The molecule has 1 aromatic heterocycles. The maximum absolute atomic E-state index is 11.8. The third-order valence-corrected chi connectivity index (χ3v) is 2.27. The molecule has 1 rings (SSSR count). The summed E-state index contributed by atoms with van der Waals surface area (Å²) in [5, 5.41) is 20.1. The van der Waals surface area contributed by atoms with E-state index in [1.165, 1.54) is 0 Å². The van der Waals surface area contributed by atoms with E-state index in [9.17, 15) is 28.2 Å². The Bertz CT molecular complexity index is 357. The molecule has 0 bridgehead atoms. The van der Waals surface area contributed by atoms with Crippen LogP contribution < -0.4 is 47.9 Å². The zero-order valence-corrected chi connectivity index (χ0v) is 9.19.